The lowest BCUT2D eigenvalue weighted by Crippen LogP contribution is -2.47. The molecule has 2 saturated heterocycles. The average Bonchev–Trinajstić information content (AvgIpc) is 3.72. The fourth-order valence-electron chi connectivity index (χ4n) is 6.81. The highest BCUT2D eigenvalue weighted by Gasteiger charge is 2.52. The number of hydrogen-bond acceptors (Lipinski definition) is 8. The minimum Gasteiger partial charge on any atom is -0.456 e. The molecule has 2 aliphatic heterocycles. The molecule has 0 spiro atoms. The third-order valence-electron chi connectivity index (χ3n) is 11.0. The molecule has 0 unspecified atom stereocenters. The molecule has 8 nitrogen and oxygen atoms in total. The standard InChI is InChI=1S/C37H56ClN3O5SSi2/c1-37(2,3)49(8,9)46-31-22-44-33-30(21-43-34(31)33)45-36-39-29-20-28(38)32(40-35(29)41(36)23-42-18-19-48(5,6)7)26-12-10-24(11-13-26)25-14-16-27(47-4)17-15-25/h10-13,20,25,27,30-31,33-34H,14-19,21-23H2,1-9H3/t25-,27+,30-,31-,33-,34-/m1/s1. The maximum atomic E-state index is 6.91. The third-order valence-corrected chi connectivity index (χ3v) is 18.6. The van der Waals surface area contributed by atoms with E-state index in [1.165, 1.54) is 31.2 Å². The van der Waals surface area contributed by atoms with Crippen molar-refractivity contribution in [1.29, 1.82) is 0 Å². The fourth-order valence-corrected chi connectivity index (χ4v) is 9.88. The smallest absolute Gasteiger partial charge is 0.301 e. The molecule has 4 heterocycles. The number of imidazole rings is 1. The largest absolute Gasteiger partial charge is 0.456 e. The van der Waals surface area contributed by atoms with Crippen molar-refractivity contribution in [2.75, 3.05) is 26.1 Å². The fraction of sp³-hybridized carbons (Fsp3) is 0.676. The average molecular weight is 747 g/mol. The Morgan fingerprint density at radius 3 is 2.22 bits per heavy atom. The first kappa shape index (κ1) is 37.3. The number of aromatic nitrogens is 3. The molecule has 12 heteroatoms. The van der Waals surface area contributed by atoms with Crippen molar-refractivity contribution in [3.63, 3.8) is 0 Å². The van der Waals surface area contributed by atoms with E-state index in [0.717, 1.165) is 22.6 Å². The zero-order valence-electron chi connectivity index (χ0n) is 30.9. The number of pyridine rings is 1. The van der Waals surface area contributed by atoms with Crippen molar-refractivity contribution >= 4 is 50.9 Å². The third kappa shape index (κ3) is 8.45. The maximum absolute atomic E-state index is 6.91. The second kappa shape index (κ2) is 14.9. The van der Waals surface area contributed by atoms with Gasteiger partial charge in [-0.3, -0.25) is 4.57 Å². The lowest BCUT2D eigenvalue weighted by atomic mass is 9.83. The molecule has 2 aromatic heterocycles. The van der Waals surface area contributed by atoms with Crippen LogP contribution in [0.25, 0.3) is 22.4 Å². The van der Waals surface area contributed by atoms with E-state index in [9.17, 15) is 0 Å². The van der Waals surface area contributed by atoms with Crippen LogP contribution in [0, 0.1) is 0 Å². The van der Waals surface area contributed by atoms with Crippen molar-refractivity contribution in [1.82, 2.24) is 14.5 Å². The number of fused-ring (bicyclic) bond motifs is 2. The summed E-state index contributed by atoms with van der Waals surface area (Å²) >= 11 is 8.92. The van der Waals surface area contributed by atoms with E-state index >= 15 is 0 Å². The summed E-state index contributed by atoms with van der Waals surface area (Å²) < 4.78 is 34.1. The van der Waals surface area contributed by atoms with Crippen LogP contribution in [-0.2, 0) is 25.4 Å². The molecule has 0 amide bonds. The van der Waals surface area contributed by atoms with Crippen LogP contribution in [0.1, 0.15) is 57.9 Å². The molecule has 49 heavy (non-hydrogen) atoms. The van der Waals surface area contributed by atoms with E-state index < -0.39 is 16.4 Å². The Morgan fingerprint density at radius 1 is 0.939 bits per heavy atom. The summed E-state index contributed by atoms with van der Waals surface area (Å²) in [7, 11) is -3.26. The van der Waals surface area contributed by atoms with Gasteiger partial charge in [0.15, 0.2) is 20.1 Å². The molecule has 3 fully saturated rings. The monoisotopic (exact) mass is 745 g/mol. The second-order valence-corrected chi connectivity index (χ2v) is 28.8. The van der Waals surface area contributed by atoms with Gasteiger partial charge in [-0.05, 0) is 73.7 Å². The van der Waals surface area contributed by atoms with Gasteiger partial charge in [0.05, 0.1) is 30.0 Å². The SMILES string of the molecule is CS[C@H]1CC[C@@H](c2ccc(-c3nc4c(cc3Cl)nc(O[C@@H]3CO[C@H]5[C@@H]3OC[C@H]5O[Si](C)(C)C(C)(C)C)n4COCC[Si](C)(C)C)cc2)CC1. The highest BCUT2D eigenvalue weighted by atomic mass is 35.5. The number of halogens is 1. The topological polar surface area (TPSA) is 76.9 Å². The van der Waals surface area contributed by atoms with Gasteiger partial charge in [0, 0.05) is 25.5 Å². The number of nitrogens with zero attached hydrogens (tertiary/aromatic N) is 3. The second-order valence-electron chi connectivity index (χ2n) is 16.8. The summed E-state index contributed by atoms with van der Waals surface area (Å²) in [5.74, 6) is 0.620. The van der Waals surface area contributed by atoms with E-state index in [0.29, 0.717) is 47.9 Å². The molecule has 1 aliphatic carbocycles. The van der Waals surface area contributed by atoms with Gasteiger partial charge in [-0.25, -0.2) is 4.98 Å². The van der Waals surface area contributed by atoms with Gasteiger partial charge in [0.1, 0.15) is 24.5 Å². The maximum Gasteiger partial charge on any atom is 0.301 e. The summed E-state index contributed by atoms with van der Waals surface area (Å²) in [5, 5.41) is 1.46. The van der Waals surface area contributed by atoms with Gasteiger partial charge >= 0.3 is 6.01 Å². The molecule has 0 radical (unpaired) electrons. The Morgan fingerprint density at radius 2 is 1.59 bits per heavy atom. The van der Waals surface area contributed by atoms with Gasteiger partial charge < -0.3 is 23.4 Å². The van der Waals surface area contributed by atoms with Gasteiger partial charge in [-0.15, -0.1) is 0 Å². The number of rotatable bonds is 12. The summed E-state index contributed by atoms with van der Waals surface area (Å²) in [4.78, 5) is 10.0. The Kier molecular flexibility index (Phi) is 11.3. The number of hydrogen-bond donors (Lipinski definition) is 0. The molecular weight excluding hydrogens is 690 g/mol. The molecule has 0 bridgehead atoms. The number of ether oxygens (including phenoxy) is 4. The van der Waals surface area contributed by atoms with Crippen molar-refractivity contribution in [2.45, 2.75) is 133 Å². The van der Waals surface area contributed by atoms with Crippen molar-refractivity contribution in [3.05, 3.63) is 40.9 Å². The van der Waals surface area contributed by atoms with Gasteiger partial charge in [-0.2, -0.15) is 16.7 Å². The molecule has 3 aliphatic rings. The van der Waals surface area contributed by atoms with Gasteiger partial charge in [0.2, 0.25) is 0 Å². The van der Waals surface area contributed by atoms with E-state index in [1.54, 1.807) is 0 Å². The normalized spacial score (nSPS) is 26.4. The highest BCUT2D eigenvalue weighted by Crippen LogP contribution is 2.41. The van der Waals surface area contributed by atoms with Crippen molar-refractivity contribution in [2.24, 2.45) is 0 Å². The van der Waals surface area contributed by atoms with Crippen LogP contribution in [0.4, 0.5) is 0 Å². The molecule has 270 valence electrons. The molecular formula is C37H56ClN3O5SSi2. The zero-order valence-corrected chi connectivity index (χ0v) is 34.5. The Bertz CT molecular complexity index is 1580. The van der Waals surface area contributed by atoms with Crippen LogP contribution in [0.2, 0.25) is 48.8 Å². The summed E-state index contributed by atoms with van der Waals surface area (Å²) in [6, 6.07) is 12.2. The first-order valence-electron chi connectivity index (χ1n) is 18.0. The van der Waals surface area contributed by atoms with Crippen LogP contribution in [0.3, 0.4) is 0 Å². The number of benzene rings is 1. The number of thioether (sulfide) groups is 1. The van der Waals surface area contributed by atoms with E-state index in [4.69, 9.17) is 44.9 Å². The first-order chi connectivity index (χ1) is 23.1. The lowest BCUT2D eigenvalue weighted by Gasteiger charge is -2.39. The summed E-state index contributed by atoms with van der Waals surface area (Å²) in [5.41, 5.74) is 4.48. The Hall–Kier alpha value is -1.45. The quantitative estimate of drug-likeness (QED) is 0.134. The predicted molar refractivity (Wildman–Crippen MR) is 207 cm³/mol. The lowest BCUT2D eigenvalue weighted by molar-refractivity contribution is 0.00687. The molecule has 4 atom stereocenters. The first-order valence-corrected chi connectivity index (χ1v) is 26.3. The van der Waals surface area contributed by atoms with E-state index in [2.05, 4.69) is 84.0 Å². The van der Waals surface area contributed by atoms with Crippen LogP contribution < -0.4 is 4.74 Å². The minimum atomic E-state index is -2.00. The van der Waals surface area contributed by atoms with Gasteiger partial charge in [0.25, 0.3) is 0 Å². The molecule has 3 aromatic rings. The van der Waals surface area contributed by atoms with Crippen LogP contribution in [-0.4, -0.2) is 86.7 Å². The van der Waals surface area contributed by atoms with Crippen LogP contribution in [0.5, 0.6) is 6.01 Å². The Labute approximate surface area is 304 Å². The molecule has 0 N–H and O–H groups in total. The molecule has 1 saturated carbocycles. The molecule has 6 rings (SSSR count). The highest BCUT2D eigenvalue weighted by molar-refractivity contribution is 7.99. The molecule has 1 aromatic carbocycles. The zero-order chi connectivity index (χ0) is 35.1. The van der Waals surface area contributed by atoms with Crippen LogP contribution in [0.15, 0.2) is 30.3 Å². The van der Waals surface area contributed by atoms with E-state index in [1.807, 2.05) is 22.4 Å². The van der Waals surface area contributed by atoms with Crippen LogP contribution >= 0.6 is 23.4 Å². The van der Waals surface area contributed by atoms with Crippen molar-refractivity contribution in [3.8, 4) is 17.3 Å². The van der Waals surface area contributed by atoms with Crippen molar-refractivity contribution < 1.29 is 23.4 Å². The Balaban J connectivity index is 1.24. The predicted octanol–water partition coefficient (Wildman–Crippen LogP) is 9.39. The summed E-state index contributed by atoms with van der Waals surface area (Å²) in [6.45, 7) is 20.2. The summed E-state index contributed by atoms with van der Waals surface area (Å²) in [6.07, 6.45) is 6.46. The van der Waals surface area contributed by atoms with E-state index in [-0.39, 0.29) is 36.2 Å². The van der Waals surface area contributed by atoms with Gasteiger partial charge in [-0.1, -0.05) is 76.3 Å². The minimum absolute atomic E-state index is 0.0994.